The van der Waals surface area contributed by atoms with Gasteiger partial charge in [-0.2, -0.15) is 0 Å². The van der Waals surface area contributed by atoms with Crippen LogP contribution in [-0.4, -0.2) is 64.5 Å². The minimum atomic E-state index is -0.326. The van der Waals surface area contributed by atoms with Crippen molar-refractivity contribution in [3.05, 3.63) is 111 Å². The maximum atomic E-state index is 13.6. The summed E-state index contributed by atoms with van der Waals surface area (Å²) in [6.45, 7) is 4.05. The third-order valence-electron chi connectivity index (χ3n) is 7.23. The van der Waals surface area contributed by atoms with Crippen molar-refractivity contribution in [3.8, 4) is 11.3 Å². The summed E-state index contributed by atoms with van der Waals surface area (Å²) in [7, 11) is 0. The zero-order valence-electron chi connectivity index (χ0n) is 22.4. The Hall–Kier alpha value is -3.65. The van der Waals surface area contributed by atoms with E-state index in [9.17, 15) is 9.59 Å². The summed E-state index contributed by atoms with van der Waals surface area (Å²) in [4.78, 5) is 32.6. The number of piperazine rings is 1. The SMILES string of the molecule is C[C@H](c1ccccc1)N(CC(=O)N1CCN(c2ccc(-c3ccc(Cl)cc3Cl)nn2)CC1)C(=O)c1ccccc1Cl. The Morgan fingerprint density at radius 1 is 0.829 bits per heavy atom. The van der Waals surface area contributed by atoms with E-state index in [1.54, 1.807) is 46.2 Å². The first-order valence-electron chi connectivity index (χ1n) is 13.2. The van der Waals surface area contributed by atoms with Crippen LogP contribution in [0.15, 0.2) is 84.9 Å². The number of carbonyl (C=O) groups is 2. The summed E-state index contributed by atoms with van der Waals surface area (Å²) in [5.41, 5.74) is 2.72. The topological polar surface area (TPSA) is 69.6 Å². The van der Waals surface area contributed by atoms with Crippen molar-refractivity contribution >= 4 is 52.4 Å². The highest BCUT2D eigenvalue weighted by Crippen LogP contribution is 2.30. The molecule has 0 spiro atoms. The molecule has 1 aliphatic rings. The zero-order chi connectivity index (χ0) is 28.9. The summed E-state index contributed by atoms with van der Waals surface area (Å²) in [5.74, 6) is 0.320. The molecule has 0 bridgehead atoms. The Morgan fingerprint density at radius 3 is 2.20 bits per heavy atom. The molecule has 1 aliphatic heterocycles. The van der Waals surface area contributed by atoms with Crippen LogP contribution in [0.25, 0.3) is 11.3 Å². The first-order valence-corrected chi connectivity index (χ1v) is 14.4. The molecular weight excluding hydrogens is 581 g/mol. The molecule has 0 radical (unpaired) electrons. The van der Waals surface area contributed by atoms with Gasteiger partial charge < -0.3 is 14.7 Å². The molecule has 1 saturated heterocycles. The minimum absolute atomic E-state index is 0.0591. The van der Waals surface area contributed by atoms with Gasteiger partial charge in [-0.15, -0.1) is 10.2 Å². The van der Waals surface area contributed by atoms with Gasteiger partial charge in [0.2, 0.25) is 5.91 Å². The van der Waals surface area contributed by atoms with Gasteiger partial charge in [0.05, 0.1) is 27.3 Å². The smallest absolute Gasteiger partial charge is 0.256 e. The minimum Gasteiger partial charge on any atom is -0.352 e. The maximum absolute atomic E-state index is 13.6. The highest BCUT2D eigenvalue weighted by molar-refractivity contribution is 6.36. The molecule has 0 saturated carbocycles. The van der Waals surface area contributed by atoms with Gasteiger partial charge in [0.15, 0.2) is 5.82 Å². The molecule has 0 aliphatic carbocycles. The lowest BCUT2D eigenvalue weighted by atomic mass is 10.1. The van der Waals surface area contributed by atoms with E-state index in [1.807, 2.05) is 55.5 Å². The lowest BCUT2D eigenvalue weighted by Gasteiger charge is -2.37. The van der Waals surface area contributed by atoms with E-state index >= 15 is 0 Å². The fraction of sp³-hybridized carbons (Fsp3) is 0.226. The Labute approximate surface area is 254 Å². The standard InChI is InChI=1S/C31H28Cl3N5O2/c1-21(22-7-3-2-4-8-22)39(31(41)25-9-5-6-10-26(25)33)20-30(40)38-17-15-37(16-18-38)29-14-13-28(35-36-29)24-12-11-23(32)19-27(24)34/h2-14,19,21H,15-18,20H2,1H3/t21-/m1/s1. The van der Waals surface area contributed by atoms with Crippen LogP contribution in [0.4, 0.5) is 5.82 Å². The average molecular weight is 609 g/mol. The van der Waals surface area contributed by atoms with Gasteiger partial charge >= 0.3 is 0 Å². The predicted octanol–water partition coefficient (Wildman–Crippen LogP) is 6.66. The number of nitrogens with zero attached hydrogens (tertiary/aromatic N) is 5. The molecule has 2 heterocycles. The third kappa shape index (κ3) is 6.64. The quantitative estimate of drug-likeness (QED) is 0.235. The summed E-state index contributed by atoms with van der Waals surface area (Å²) in [6, 6.07) is 25.3. The molecule has 7 nitrogen and oxygen atoms in total. The van der Waals surface area contributed by atoms with Crippen molar-refractivity contribution in [1.82, 2.24) is 20.0 Å². The normalized spacial score (nSPS) is 14.0. The van der Waals surface area contributed by atoms with E-state index in [0.29, 0.717) is 52.5 Å². The number of benzene rings is 3. The van der Waals surface area contributed by atoms with E-state index in [2.05, 4.69) is 15.1 Å². The number of anilines is 1. The largest absolute Gasteiger partial charge is 0.352 e. The lowest BCUT2D eigenvalue weighted by Crippen LogP contribution is -2.52. The Bertz CT molecular complexity index is 1530. The van der Waals surface area contributed by atoms with Crippen molar-refractivity contribution in [2.45, 2.75) is 13.0 Å². The van der Waals surface area contributed by atoms with Crippen molar-refractivity contribution in [1.29, 1.82) is 0 Å². The molecule has 0 unspecified atom stereocenters. The van der Waals surface area contributed by atoms with Crippen LogP contribution >= 0.6 is 34.8 Å². The summed E-state index contributed by atoms with van der Waals surface area (Å²) >= 11 is 18.7. The monoisotopic (exact) mass is 607 g/mol. The van der Waals surface area contributed by atoms with Crippen LogP contribution in [0.5, 0.6) is 0 Å². The molecule has 5 rings (SSSR count). The summed E-state index contributed by atoms with van der Waals surface area (Å²) < 4.78 is 0. The summed E-state index contributed by atoms with van der Waals surface area (Å²) in [6.07, 6.45) is 0. The average Bonchev–Trinajstić information content (AvgIpc) is 3.00. The molecule has 1 fully saturated rings. The molecule has 10 heteroatoms. The zero-order valence-corrected chi connectivity index (χ0v) is 24.7. The van der Waals surface area contributed by atoms with Crippen LogP contribution in [0.3, 0.4) is 0 Å². The van der Waals surface area contributed by atoms with Crippen molar-refractivity contribution in [3.63, 3.8) is 0 Å². The number of carbonyl (C=O) groups excluding carboxylic acids is 2. The highest BCUT2D eigenvalue weighted by atomic mass is 35.5. The van der Waals surface area contributed by atoms with Gasteiger partial charge in [-0.1, -0.05) is 77.3 Å². The first kappa shape index (κ1) is 28.9. The molecule has 41 heavy (non-hydrogen) atoms. The van der Waals surface area contributed by atoms with E-state index in [1.165, 1.54) is 0 Å². The Kier molecular flexibility index (Phi) is 9.08. The Balaban J connectivity index is 1.26. The molecule has 210 valence electrons. The van der Waals surface area contributed by atoms with Crippen molar-refractivity contribution < 1.29 is 9.59 Å². The van der Waals surface area contributed by atoms with Gasteiger partial charge in [0.1, 0.15) is 6.54 Å². The van der Waals surface area contributed by atoms with Crippen molar-refractivity contribution in [2.24, 2.45) is 0 Å². The molecular formula is C31H28Cl3N5O2. The fourth-order valence-electron chi connectivity index (χ4n) is 4.85. The van der Waals surface area contributed by atoms with Crippen LogP contribution in [0.2, 0.25) is 15.1 Å². The van der Waals surface area contributed by atoms with Gasteiger partial charge in [-0.05, 0) is 55.0 Å². The number of aromatic nitrogens is 2. The molecule has 1 aromatic heterocycles. The van der Waals surface area contributed by atoms with E-state index in [-0.39, 0.29) is 24.4 Å². The van der Waals surface area contributed by atoms with E-state index in [4.69, 9.17) is 34.8 Å². The van der Waals surface area contributed by atoms with Crippen LogP contribution in [-0.2, 0) is 4.79 Å². The number of hydrogen-bond donors (Lipinski definition) is 0. The third-order valence-corrected chi connectivity index (χ3v) is 8.11. The number of hydrogen-bond acceptors (Lipinski definition) is 5. The van der Waals surface area contributed by atoms with Crippen LogP contribution in [0.1, 0.15) is 28.9 Å². The van der Waals surface area contributed by atoms with Gasteiger partial charge in [0.25, 0.3) is 5.91 Å². The second kappa shape index (κ2) is 12.9. The van der Waals surface area contributed by atoms with Crippen LogP contribution < -0.4 is 4.90 Å². The molecule has 1 atom stereocenters. The van der Waals surface area contributed by atoms with Crippen LogP contribution in [0, 0.1) is 0 Å². The van der Waals surface area contributed by atoms with Gasteiger partial charge in [0, 0.05) is 36.8 Å². The molecule has 2 amide bonds. The second-order valence-corrected chi connectivity index (χ2v) is 11.0. The second-order valence-electron chi connectivity index (χ2n) is 9.77. The molecule has 4 aromatic rings. The van der Waals surface area contributed by atoms with Gasteiger partial charge in [-0.3, -0.25) is 9.59 Å². The number of amides is 2. The van der Waals surface area contributed by atoms with Gasteiger partial charge in [-0.25, -0.2) is 0 Å². The first-order chi connectivity index (χ1) is 19.8. The predicted molar refractivity (Wildman–Crippen MR) is 164 cm³/mol. The van der Waals surface area contributed by atoms with E-state index < -0.39 is 0 Å². The molecule has 0 N–H and O–H groups in total. The highest BCUT2D eigenvalue weighted by Gasteiger charge is 2.30. The number of rotatable bonds is 7. The lowest BCUT2D eigenvalue weighted by molar-refractivity contribution is -0.132. The maximum Gasteiger partial charge on any atom is 0.256 e. The molecule has 3 aromatic carbocycles. The number of halogens is 3. The van der Waals surface area contributed by atoms with Crippen molar-refractivity contribution in [2.75, 3.05) is 37.6 Å². The Morgan fingerprint density at radius 2 is 1.54 bits per heavy atom. The summed E-state index contributed by atoms with van der Waals surface area (Å²) in [5, 5.41) is 10.2. The fourth-order valence-corrected chi connectivity index (χ4v) is 5.57. The van der Waals surface area contributed by atoms with E-state index in [0.717, 1.165) is 16.9 Å².